The molecule has 0 heterocycles. The van der Waals surface area contributed by atoms with Crippen LogP contribution in [-0.4, -0.2) is 26.1 Å². The van der Waals surface area contributed by atoms with E-state index in [1.54, 1.807) is 24.3 Å². The normalized spacial score (nSPS) is 11.2. The molecule has 6 heteroatoms. The second-order valence-corrected chi connectivity index (χ2v) is 7.28. The van der Waals surface area contributed by atoms with Gasteiger partial charge in [0.2, 0.25) is 9.84 Å². The van der Waals surface area contributed by atoms with Crippen LogP contribution in [0.15, 0.2) is 58.3 Å². The number of ether oxygens (including phenoxy) is 1. The minimum atomic E-state index is -3.78. The Hall–Kier alpha value is -2.34. The first-order valence-corrected chi connectivity index (χ1v) is 9.21. The summed E-state index contributed by atoms with van der Waals surface area (Å²) in [5.74, 6) is -0.614. The maximum Gasteiger partial charge on any atom is 0.307 e. The van der Waals surface area contributed by atoms with Crippen molar-refractivity contribution in [3.05, 3.63) is 54.1 Å². The van der Waals surface area contributed by atoms with E-state index in [0.717, 1.165) is 12.8 Å². The van der Waals surface area contributed by atoms with Crippen molar-refractivity contribution >= 4 is 15.8 Å². The third kappa shape index (κ3) is 4.35. The van der Waals surface area contributed by atoms with Crippen molar-refractivity contribution in [1.29, 1.82) is 0 Å². The first kappa shape index (κ1) is 18.0. The Balaban J connectivity index is 2.43. The lowest BCUT2D eigenvalue weighted by atomic mass is 10.1. The van der Waals surface area contributed by atoms with Crippen molar-refractivity contribution < 1.29 is 23.1 Å². The van der Waals surface area contributed by atoms with E-state index in [1.807, 2.05) is 6.92 Å². The van der Waals surface area contributed by atoms with Crippen LogP contribution in [0.1, 0.15) is 25.3 Å². The molecule has 1 N–H and O–H groups in total. The van der Waals surface area contributed by atoms with Crippen LogP contribution in [0, 0.1) is 0 Å². The summed E-state index contributed by atoms with van der Waals surface area (Å²) in [6, 6.07) is 12.5. The summed E-state index contributed by atoms with van der Waals surface area (Å²) in [7, 11) is -3.78. The van der Waals surface area contributed by atoms with Gasteiger partial charge >= 0.3 is 5.97 Å². The molecule has 2 rings (SSSR count). The highest BCUT2D eigenvalue weighted by Crippen LogP contribution is 2.28. The summed E-state index contributed by atoms with van der Waals surface area (Å²) in [4.78, 5) is 11.3. The quantitative estimate of drug-likeness (QED) is 0.740. The summed E-state index contributed by atoms with van der Waals surface area (Å²) < 4.78 is 31.1. The number of benzene rings is 2. The van der Waals surface area contributed by atoms with Gasteiger partial charge in [-0.2, -0.15) is 0 Å². The molecule has 0 atom stereocenters. The number of hydrogen-bond donors (Lipinski definition) is 1. The van der Waals surface area contributed by atoms with Gasteiger partial charge in [-0.05, 0) is 42.3 Å². The van der Waals surface area contributed by atoms with E-state index in [1.165, 1.54) is 24.3 Å². The van der Waals surface area contributed by atoms with Crippen LogP contribution in [0.2, 0.25) is 0 Å². The summed E-state index contributed by atoms with van der Waals surface area (Å²) in [6.45, 7) is 2.54. The third-order valence-corrected chi connectivity index (χ3v) is 5.35. The molecule has 0 saturated heterocycles. The molecule has 0 saturated carbocycles. The molecular weight excluding hydrogens is 328 g/mol. The fraction of sp³-hybridized carbons (Fsp3) is 0.278. The molecule has 0 spiro atoms. The monoisotopic (exact) mass is 348 g/mol. The summed E-state index contributed by atoms with van der Waals surface area (Å²) in [6.07, 6.45) is 1.47. The van der Waals surface area contributed by atoms with Crippen LogP contribution in [0.5, 0.6) is 5.75 Å². The lowest BCUT2D eigenvalue weighted by Crippen LogP contribution is -2.10. The largest absolute Gasteiger partial charge is 0.494 e. The molecule has 0 amide bonds. The lowest BCUT2D eigenvalue weighted by molar-refractivity contribution is -0.136. The first-order valence-electron chi connectivity index (χ1n) is 7.73. The molecule has 0 bridgehead atoms. The predicted molar refractivity (Wildman–Crippen MR) is 90.1 cm³/mol. The van der Waals surface area contributed by atoms with Crippen molar-refractivity contribution in [3.8, 4) is 5.75 Å². The van der Waals surface area contributed by atoms with Gasteiger partial charge < -0.3 is 9.84 Å². The Morgan fingerprint density at radius 3 is 2.46 bits per heavy atom. The molecule has 24 heavy (non-hydrogen) atoms. The van der Waals surface area contributed by atoms with Crippen LogP contribution in [0.25, 0.3) is 0 Å². The molecular formula is C18H20O5S. The predicted octanol–water partition coefficient (Wildman–Crippen LogP) is 3.33. The highest BCUT2D eigenvalue weighted by molar-refractivity contribution is 7.91. The second-order valence-electron chi connectivity index (χ2n) is 5.36. The maximum atomic E-state index is 12.8. The third-order valence-electron chi connectivity index (χ3n) is 3.48. The number of hydrogen-bond acceptors (Lipinski definition) is 4. The van der Waals surface area contributed by atoms with Gasteiger partial charge in [0.15, 0.2) is 0 Å². The van der Waals surface area contributed by atoms with E-state index in [4.69, 9.17) is 9.84 Å². The van der Waals surface area contributed by atoms with Crippen LogP contribution in [0.3, 0.4) is 0 Å². The number of carbonyl (C=O) groups is 1. The van der Waals surface area contributed by atoms with Crippen LogP contribution in [-0.2, 0) is 21.1 Å². The average molecular weight is 348 g/mol. The number of carboxylic acids is 1. The van der Waals surface area contributed by atoms with Gasteiger partial charge in [-0.1, -0.05) is 31.5 Å². The highest BCUT2D eigenvalue weighted by Gasteiger charge is 2.22. The minimum absolute atomic E-state index is 0.000980. The summed E-state index contributed by atoms with van der Waals surface area (Å²) in [5.41, 5.74) is 0.223. The summed E-state index contributed by atoms with van der Waals surface area (Å²) >= 11 is 0. The van der Waals surface area contributed by atoms with Gasteiger partial charge in [0, 0.05) is 0 Å². The van der Waals surface area contributed by atoms with Crippen molar-refractivity contribution in [2.75, 3.05) is 6.61 Å². The van der Waals surface area contributed by atoms with Gasteiger partial charge in [0.1, 0.15) is 5.75 Å². The van der Waals surface area contributed by atoms with E-state index in [9.17, 15) is 13.2 Å². The van der Waals surface area contributed by atoms with Crippen molar-refractivity contribution in [3.63, 3.8) is 0 Å². The smallest absolute Gasteiger partial charge is 0.307 e. The SMILES string of the molecule is CCCCOc1ccc(S(=O)(=O)c2ccccc2)c(CC(=O)O)c1. The van der Waals surface area contributed by atoms with E-state index in [0.29, 0.717) is 12.4 Å². The van der Waals surface area contributed by atoms with Crippen molar-refractivity contribution in [1.82, 2.24) is 0 Å². The van der Waals surface area contributed by atoms with Crippen LogP contribution < -0.4 is 4.74 Å². The lowest BCUT2D eigenvalue weighted by Gasteiger charge is -2.12. The zero-order valence-electron chi connectivity index (χ0n) is 13.4. The molecule has 0 aliphatic heterocycles. The molecule has 0 unspecified atom stereocenters. The molecule has 0 radical (unpaired) electrons. The number of unbranched alkanes of at least 4 members (excludes halogenated alkanes) is 1. The zero-order valence-corrected chi connectivity index (χ0v) is 14.3. The van der Waals surface area contributed by atoms with E-state index in [-0.39, 0.29) is 21.8 Å². The Kier molecular flexibility index (Phi) is 5.98. The molecule has 128 valence electrons. The van der Waals surface area contributed by atoms with Crippen LogP contribution >= 0.6 is 0 Å². The van der Waals surface area contributed by atoms with Gasteiger partial charge in [0.05, 0.1) is 22.8 Å². The fourth-order valence-electron chi connectivity index (χ4n) is 2.27. The maximum absolute atomic E-state index is 12.8. The van der Waals surface area contributed by atoms with Gasteiger partial charge in [-0.25, -0.2) is 8.42 Å². The minimum Gasteiger partial charge on any atom is -0.494 e. The van der Waals surface area contributed by atoms with E-state index >= 15 is 0 Å². The molecule has 2 aromatic rings. The Bertz CT molecular complexity index is 797. The molecule has 5 nitrogen and oxygen atoms in total. The average Bonchev–Trinajstić information content (AvgIpc) is 2.55. The Morgan fingerprint density at radius 1 is 1.12 bits per heavy atom. The molecule has 0 aromatic heterocycles. The van der Waals surface area contributed by atoms with Crippen molar-refractivity contribution in [2.45, 2.75) is 36.0 Å². The number of carboxylic acid groups (broad SMARTS) is 1. The molecule has 0 aliphatic carbocycles. The number of sulfone groups is 1. The van der Waals surface area contributed by atoms with Gasteiger partial charge in [-0.15, -0.1) is 0 Å². The Labute approximate surface area is 141 Å². The second kappa shape index (κ2) is 7.97. The molecule has 2 aromatic carbocycles. The van der Waals surface area contributed by atoms with Crippen molar-refractivity contribution in [2.24, 2.45) is 0 Å². The fourth-order valence-corrected chi connectivity index (χ4v) is 3.76. The highest BCUT2D eigenvalue weighted by atomic mass is 32.2. The summed E-state index contributed by atoms with van der Waals surface area (Å²) in [5, 5.41) is 9.10. The molecule has 0 aliphatic rings. The van der Waals surface area contributed by atoms with E-state index in [2.05, 4.69) is 0 Å². The topological polar surface area (TPSA) is 80.7 Å². The molecule has 0 fully saturated rings. The van der Waals surface area contributed by atoms with Crippen LogP contribution in [0.4, 0.5) is 0 Å². The zero-order chi connectivity index (χ0) is 17.6. The standard InChI is InChI=1S/C18H20O5S/c1-2-3-11-23-15-9-10-17(14(12-15)13-18(19)20)24(21,22)16-7-5-4-6-8-16/h4-10,12H,2-3,11,13H2,1H3,(H,19,20). The number of aliphatic carboxylic acids is 1. The van der Waals surface area contributed by atoms with E-state index < -0.39 is 15.8 Å². The van der Waals surface area contributed by atoms with Gasteiger partial charge in [0.25, 0.3) is 0 Å². The first-order chi connectivity index (χ1) is 11.4. The Morgan fingerprint density at radius 2 is 1.83 bits per heavy atom. The van der Waals surface area contributed by atoms with Gasteiger partial charge in [-0.3, -0.25) is 4.79 Å². The number of rotatable bonds is 8.